The molecule has 140 valence electrons. The minimum Gasteiger partial charge on any atom is -0.475 e. The van der Waals surface area contributed by atoms with Crippen LogP contribution in [0.1, 0.15) is 25.3 Å². The van der Waals surface area contributed by atoms with Gasteiger partial charge < -0.3 is 20.1 Å². The van der Waals surface area contributed by atoms with Gasteiger partial charge in [-0.05, 0) is 32.0 Å². The fourth-order valence-corrected chi connectivity index (χ4v) is 3.07. The second-order valence-corrected chi connectivity index (χ2v) is 6.04. The van der Waals surface area contributed by atoms with E-state index in [-0.39, 0.29) is 0 Å². The lowest BCUT2D eigenvalue weighted by Gasteiger charge is -2.24. The lowest BCUT2D eigenvalue weighted by Crippen LogP contribution is -2.44. The predicted octanol–water partition coefficient (Wildman–Crippen LogP) is 1.26. The van der Waals surface area contributed by atoms with Crippen LogP contribution in [0.3, 0.4) is 0 Å². The molecule has 0 radical (unpaired) electrons. The van der Waals surface area contributed by atoms with E-state index in [9.17, 15) is 0 Å². The van der Waals surface area contributed by atoms with Crippen molar-refractivity contribution in [3.63, 3.8) is 0 Å². The molecule has 2 rings (SSSR count). The second-order valence-electron chi connectivity index (χ2n) is 6.04. The lowest BCUT2D eigenvalue weighted by atomic mass is 10.2. The molecule has 1 aliphatic rings. The van der Waals surface area contributed by atoms with E-state index >= 15 is 0 Å². The molecule has 1 unspecified atom stereocenters. The average Bonchev–Trinajstić information content (AvgIpc) is 3.10. The summed E-state index contributed by atoms with van der Waals surface area (Å²) in [4.78, 5) is 11.1. The number of aliphatic imine (C=N–C) groups is 1. The highest BCUT2D eigenvalue weighted by molar-refractivity contribution is 5.79. The van der Waals surface area contributed by atoms with E-state index in [1.54, 1.807) is 20.4 Å². The van der Waals surface area contributed by atoms with Gasteiger partial charge in [0.15, 0.2) is 5.96 Å². The van der Waals surface area contributed by atoms with Crippen molar-refractivity contribution in [2.75, 3.05) is 47.0 Å². The molecule has 1 aromatic heterocycles. The highest BCUT2D eigenvalue weighted by Crippen LogP contribution is 2.16. The van der Waals surface area contributed by atoms with Gasteiger partial charge in [-0.25, -0.2) is 4.98 Å². The SMILES string of the molecule is CCN1CCCC1CNC(=NC)NCc1cccnc1OCCOC. The number of likely N-dealkylation sites (tertiary alicyclic amines) is 1. The number of nitrogens with one attached hydrogen (secondary N) is 2. The average molecular weight is 349 g/mol. The third-order valence-electron chi connectivity index (χ3n) is 4.46. The molecule has 7 heteroatoms. The third kappa shape index (κ3) is 6.17. The maximum atomic E-state index is 5.67. The normalized spacial score (nSPS) is 18.4. The Hall–Kier alpha value is -1.86. The van der Waals surface area contributed by atoms with Crippen LogP contribution in [-0.2, 0) is 11.3 Å². The Morgan fingerprint density at radius 1 is 1.40 bits per heavy atom. The highest BCUT2D eigenvalue weighted by Gasteiger charge is 2.22. The Morgan fingerprint density at radius 2 is 2.28 bits per heavy atom. The number of hydrogen-bond acceptors (Lipinski definition) is 5. The van der Waals surface area contributed by atoms with Crippen LogP contribution in [0.4, 0.5) is 0 Å². The molecule has 1 aromatic rings. The van der Waals surface area contributed by atoms with Gasteiger partial charge in [0.2, 0.25) is 5.88 Å². The topological polar surface area (TPSA) is 71.0 Å². The van der Waals surface area contributed by atoms with Gasteiger partial charge in [-0.1, -0.05) is 13.0 Å². The molecule has 1 atom stereocenters. The summed E-state index contributed by atoms with van der Waals surface area (Å²) in [6, 6.07) is 4.51. The number of hydrogen-bond donors (Lipinski definition) is 2. The summed E-state index contributed by atoms with van der Waals surface area (Å²) in [5.41, 5.74) is 0.998. The molecule has 1 aliphatic heterocycles. The molecule has 0 amide bonds. The summed E-state index contributed by atoms with van der Waals surface area (Å²) in [7, 11) is 3.45. The van der Waals surface area contributed by atoms with Crippen molar-refractivity contribution in [3.8, 4) is 5.88 Å². The maximum Gasteiger partial charge on any atom is 0.218 e. The minimum absolute atomic E-state index is 0.488. The molecule has 0 aromatic carbocycles. The molecule has 25 heavy (non-hydrogen) atoms. The van der Waals surface area contributed by atoms with Crippen molar-refractivity contribution in [2.24, 2.45) is 4.99 Å². The van der Waals surface area contributed by atoms with E-state index in [2.05, 4.69) is 32.4 Å². The summed E-state index contributed by atoms with van der Waals surface area (Å²) in [6.07, 6.45) is 4.26. The summed E-state index contributed by atoms with van der Waals surface area (Å²) in [6.45, 7) is 7.08. The van der Waals surface area contributed by atoms with E-state index < -0.39 is 0 Å². The third-order valence-corrected chi connectivity index (χ3v) is 4.46. The summed E-state index contributed by atoms with van der Waals surface area (Å²) in [5.74, 6) is 1.44. The van der Waals surface area contributed by atoms with Gasteiger partial charge in [-0.2, -0.15) is 0 Å². The van der Waals surface area contributed by atoms with Crippen molar-refractivity contribution in [1.29, 1.82) is 0 Å². The fraction of sp³-hybridized carbons (Fsp3) is 0.667. The number of nitrogens with zero attached hydrogens (tertiary/aromatic N) is 3. The molecule has 2 heterocycles. The Labute approximate surface area is 150 Å². The Balaban J connectivity index is 1.82. The quantitative estimate of drug-likeness (QED) is 0.397. The van der Waals surface area contributed by atoms with E-state index in [1.165, 1.54) is 19.4 Å². The van der Waals surface area contributed by atoms with Crippen LogP contribution in [0.2, 0.25) is 0 Å². The molecule has 0 saturated carbocycles. The molecule has 0 bridgehead atoms. The number of rotatable bonds is 9. The zero-order valence-electron chi connectivity index (χ0n) is 15.6. The number of ether oxygens (including phenoxy) is 2. The van der Waals surface area contributed by atoms with Gasteiger partial charge in [0, 0.05) is 45.0 Å². The summed E-state index contributed by atoms with van der Waals surface area (Å²) < 4.78 is 10.7. The van der Waals surface area contributed by atoms with E-state index in [0.717, 1.165) is 24.6 Å². The zero-order valence-corrected chi connectivity index (χ0v) is 15.6. The number of pyridine rings is 1. The van der Waals surface area contributed by atoms with E-state index in [0.29, 0.717) is 31.7 Å². The number of guanidine groups is 1. The number of likely N-dealkylation sites (N-methyl/N-ethyl adjacent to an activating group) is 1. The standard InChI is InChI=1S/C18H31N5O2/c1-4-23-10-6-8-16(23)14-22-18(19-2)21-13-15-7-5-9-20-17(15)25-12-11-24-3/h5,7,9,16H,4,6,8,10-14H2,1-3H3,(H2,19,21,22). The van der Waals surface area contributed by atoms with Crippen molar-refractivity contribution < 1.29 is 9.47 Å². The van der Waals surface area contributed by atoms with Crippen LogP contribution in [0.25, 0.3) is 0 Å². The monoisotopic (exact) mass is 349 g/mol. The second kappa shape index (κ2) is 10.9. The van der Waals surface area contributed by atoms with Gasteiger partial charge in [0.1, 0.15) is 6.61 Å². The van der Waals surface area contributed by atoms with Gasteiger partial charge in [-0.3, -0.25) is 9.89 Å². The first-order valence-corrected chi connectivity index (χ1v) is 9.02. The van der Waals surface area contributed by atoms with Crippen molar-refractivity contribution in [1.82, 2.24) is 20.5 Å². The van der Waals surface area contributed by atoms with Crippen molar-refractivity contribution in [2.45, 2.75) is 32.4 Å². The van der Waals surface area contributed by atoms with Gasteiger partial charge in [0.25, 0.3) is 0 Å². The number of methoxy groups -OCH3 is 1. The summed E-state index contributed by atoms with van der Waals surface area (Å²) in [5, 5.41) is 6.78. The van der Waals surface area contributed by atoms with Gasteiger partial charge >= 0.3 is 0 Å². The lowest BCUT2D eigenvalue weighted by molar-refractivity contribution is 0.143. The molecule has 0 aliphatic carbocycles. The first-order valence-electron chi connectivity index (χ1n) is 9.02. The molecule has 7 nitrogen and oxygen atoms in total. The maximum absolute atomic E-state index is 5.67. The van der Waals surface area contributed by atoms with Crippen LogP contribution in [-0.4, -0.2) is 68.9 Å². The molecule has 2 N–H and O–H groups in total. The molecule has 0 spiro atoms. The summed E-state index contributed by atoms with van der Waals surface area (Å²) >= 11 is 0. The van der Waals surface area contributed by atoms with Crippen LogP contribution in [0.15, 0.2) is 23.3 Å². The number of aromatic nitrogens is 1. The fourth-order valence-electron chi connectivity index (χ4n) is 3.07. The first kappa shape index (κ1) is 19.5. The smallest absolute Gasteiger partial charge is 0.218 e. The van der Waals surface area contributed by atoms with Crippen LogP contribution >= 0.6 is 0 Å². The first-order chi connectivity index (χ1) is 12.3. The van der Waals surface area contributed by atoms with Gasteiger partial charge in [0.05, 0.1) is 6.61 Å². The predicted molar refractivity (Wildman–Crippen MR) is 100 cm³/mol. The molecular weight excluding hydrogens is 318 g/mol. The van der Waals surface area contributed by atoms with Gasteiger partial charge in [-0.15, -0.1) is 0 Å². The Bertz CT molecular complexity index is 538. The zero-order chi connectivity index (χ0) is 17.9. The Kier molecular flexibility index (Phi) is 8.48. The van der Waals surface area contributed by atoms with E-state index in [1.807, 2.05) is 12.1 Å². The minimum atomic E-state index is 0.488. The Morgan fingerprint density at radius 3 is 3.04 bits per heavy atom. The highest BCUT2D eigenvalue weighted by atomic mass is 16.5. The molecule has 1 fully saturated rings. The van der Waals surface area contributed by atoms with Crippen LogP contribution in [0, 0.1) is 0 Å². The van der Waals surface area contributed by atoms with Crippen LogP contribution < -0.4 is 15.4 Å². The van der Waals surface area contributed by atoms with Crippen molar-refractivity contribution >= 4 is 5.96 Å². The van der Waals surface area contributed by atoms with Crippen LogP contribution in [0.5, 0.6) is 5.88 Å². The molecular formula is C18H31N5O2. The largest absolute Gasteiger partial charge is 0.475 e. The molecule has 1 saturated heterocycles. The van der Waals surface area contributed by atoms with E-state index in [4.69, 9.17) is 9.47 Å². The van der Waals surface area contributed by atoms with Crippen molar-refractivity contribution in [3.05, 3.63) is 23.9 Å².